The second kappa shape index (κ2) is 5.28. The zero-order chi connectivity index (χ0) is 10.7. The molecule has 2 unspecified atom stereocenters. The summed E-state index contributed by atoms with van der Waals surface area (Å²) in [5, 5.41) is 13.4. The van der Waals surface area contributed by atoms with E-state index < -0.39 is 0 Å². The third-order valence-corrected chi connectivity index (χ3v) is 3.73. The molecular formula is C12H23NO2. The minimum Gasteiger partial charge on any atom is -0.392 e. The Morgan fingerprint density at radius 2 is 2.00 bits per heavy atom. The Kier molecular flexibility index (Phi) is 4.00. The van der Waals surface area contributed by atoms with E-state index in [9.17, 15) is 5.11 Å². The highest BCUT2D eigenvalue weighted by molar-refractivity contribution is 4.86. The predicted octanol–water partition coefficient (Wildman–Crippen LogP) is 1.45. The molecule has 3 heteroatoms. The van der Waals surface area contributed by atoms with Gasteiger partial charge in [-0.25, -0.2) is 0 Å². The van der Waals surface area contributed by atoms with Gasteiger partial charge in [-0.3, -0.25) is 0 Å². The molecule has 0 amide bonds. The van der Waals surface area contributed by atoms with Crippen molar-refractivity contribution < 1.29 is 9.84 Å². The lowest BCUT2D eigenvalue weighted by molar-refractivity contribution is 0.0485. The van der Waals surface area contributed by atoms with Crippen molar-refractivity contribution in [2.24, 2.45) is 0 Å². The van der Waals surface area contributed by atoms with Crippen LogP contribution in [0, 0.1) is 0 Å². The first kappa shape index (κ1) is 11.4. The molecule has 1 saturated heterocycles. The smallest absolute Gasteiger partial charge is 0.0726 e. The van der Waals surface area contributed by atoms with Crippen LogP contribution in [0.25, 0.3) is 0 Å². The second-order valence-corrected chi connectivity index (χ2v) is 4.97. The van der Waals surface area contributed by atoms with E-state index in [0.717, 1.165) is 25.9 Å². The molecule has 0 bridgehead atoms. The lowest BCUT2D eigenvalue weighted by Gasteiger charge is -2.32. The van der Waals surface area contributed by atoms with Gasteiger partial charge in [-0.05, 0) is 32.6 Å². The zero-order valence-corrected chi connectivity index (χ0v) is 9.61. The number of nitrogens with one attached hydrogen (secondary N) is 1. The Bertz CT molecular complexity index is 192. The van der Waals surface area contributed by atoms with E-state index in [1.165, 1.54) is 19.3 Å². The molecule has 0 radical (unpaired) electrons. The molecule has 1 heterocycles. The van der Waals surface area contributed by atoms with E-state index in [1.807, 2.05) is 0 Å². The maximum absolute atomic E-state index is 9.86. The number of hydrogen-bond acceptors (Lipinski definition) is 3. The fraction of sp³-hybridized carbons (Fsp3) is 1.00. The molecule has 2 fully saturated rings. The third kappa shape index (κ3) is 2.92. The van der Waals surface area contributed by atoms with Crippen LogP contribution < -0.4 is 5.32 Å². The monoisotopic (exact) mass is 213 g/mol. The predicted molar refractivity (Wildman–Crippen MR) is 59.8 cm³/mol. The summed E-state index contributed by atoms with van der Waals surface area (Å²) in [5.41, 5.74) is 0. The molecule has 1 saturated carbocycles. The van der Waals surface area contributed by atoms with Gasteiger partial charge < -0.3 is 15.2 Å². The normalized spacial score (nSPS) is 39.2. The highest BCUT2D eigenvalue weighted by Gasteiger charge is 2.28. The molecule has 88 valence electrons. The summed E-state index contributed by atoms with van der Waals surface area (Å²) in [6, 6.07) is 0.670. The summed E-state index contributed by atoms with van der Waals surface area (Å²) in [5.74, 6) is 0. The Morgan fingerprint density at radius 1 is 1.20 bits per heavy atom. The van der Waals surface area contributed by atoms with Crippen molar-refractivity contribution in [2.45, 2.75) is 69.7 Å². The third-order valence-electron chi connectivity index (χ3n) is 3.73. The first-order valence-corrected chi connectivity index (χ1v) is 6.33. The molecule has 2 N–H and O–H groups in total. The molecule has 1 aliphatic carbocycles. The van der Waals surface area contributed by atoms with Gasteiger partial charge in [0.2, 0.25) is 0 Å². The van der Waals surface area contributed by atoms with E-state index in [4.69, 9.17) is 4.74 Å². The second-order valence-electron chi connectivity index (χ2n) is 4.97. The molecule has 2 rings (SSSR count). The summed E-state index contributed by atoms with van der Waals surface area (Å²) in [6.07, 6.45) is 7.04. The van der Waals surface area contributed by atoms with Crippen LogP contribution in [0.4, 0.5) is 0 Å². The van der Waals surface area contributed by atoms with Gasteiger partial charge in [0.1, 0.15) is 0 Å². The van der Waals surface area contributed by atoms with E-state index in [1.54, 1.807) is 0 Å². The van der Waals surface area contributed by atoms with Crippen molar-refractivity contribution in [3.8, 4) is 0 Å². The van der Waals surface area contributed by atoms with Crippen molar-refractivity contribution in [1.29, 1.82) is 0 Å². The number of hydrogen-bond donors (Lipinski definition) is 2. The average molecular weight is 213 g/mol. The molecule has 0 aromatic carbocycles. The van der Waals surface area contributed by atoms with Gasteiger partial charge in [0.25, 0.3) is 0 Å². The summed E-state index contributed by atoms with van der Waals surface area (Å²) < 4.78 is 5.65. The summed E-state index contributed by atoms with van der Waals surface area (Å²) in [4.78, 5) is 0. The first-order chi connectivity index (χ1) is 7.27. The van der Waals surface area contributed by atoms with Gasteiger partial charge in [-0.15, -0.1) is 0 Å². The van der Waals surface area contributed by atoms with Gasteiger partial charge in [-0.1, -0.05) is 12.8 Å². The number of aliphatic hydroxyl groups excluding tert-OH is 1. The number of aliphatic hydroxyl groups is 1. The fourth-order valence-corrected chi connectivity index (χ4v) is 2.75. The largest absolute Gasteiger partial charge is 0.392 e. The highest BCUT2D eigenvalue weighted by atomic mass is 16.5. The van der Waals surface area contributed by atoms with Crippen molar-refractivity contribution in [2.75, 3.05) is 6.61 Å². The molecule has 15 heavy (non-hydrogen) atoms. The van der Waals surface area contributed by atoms with Gasteiger partial charge in [-0.2, -0.15) is 0 Å². The molecular weight excluding hydrogens is 190 g/mol. The Hall–Kier alpha value is -0.120. The van der Waals surface area contributed by atoms with Crippen LogP contribution in [0.1, 0.15) is 45.4 Å². The first-order valence-electron chi connectivity index (χ1n) is 6.33. The quantitative estimate of drug-likeness (QED) is 0.745. The van der Waals surface area contributed by atoms with Crippen LogP contribution in [0.2, 0.25) is 0 Å². The average Bonchev–Trinajstić information content (AvgIpc) is 2.74. The highest BCUT2D eigenvalue weighted by Crippen LogP contribution is 2.21. The molecule has 1 aliphatic heterocycles. The van der Waals surface area contributed by atoms with Crippen molar-refractivity contribution >= 4 is 0 Å². The summed E-state index contributed by atoms with van der Waals surface area (Å²) >= 11 is 0. The maximum atomic E-state index is 9.86. The van der Waals surface area contributed by atoms with Crippen LogP contribution in [-0.2, 0) is 4.74 Å². The lowest BCUT2D eigenvalue weighted by Crippen LogP contribution is -2.49. The lowest BCUT2D eigenvalue weighted by atomic mass is 9.91. The van der Waals surface area contributed by atoms with Crippen molar-refractivity contribution in [3.63, 3.8) is 0 Å². The van der Waals surface area contributed by atoms with Gasteiger partial charge in [0.15, 0.2) is 0 Å². The molecule has 0 aromatic rings. The Morgan fingerprint density at radius 3 is 2.67 bits per heavy atom. The van der Waals surface area contributed by atoms with Crippen LogP contribution >= 0.6 is 0 Å². The minimum atomic E-state index is -0.150. The van der Waals surface area contributed by atoms with Gasteiger partial charge in [0.05, 0.1) is 12.2 Å². The molecule has 0 aromatic heterocycles. The van der Waals surface area contributed by atoms with Gasteiger partial charge >= 0.3 is 0 Å². The molecule has 4 atom stereocenters. The van der Waals surface area contributed by atoms with Crippen LogP contribution in [0.15, 0.2) is 0 Å². The van der Waals surface area contributed by atoms with Crippen LogP contribution in [0.3, 0.4) is 0 Å². The maximum Gasteiger partial charge on any atom is 0.0726 e. The van der Waals surface area contributed by atoms with Crippen molar-refractivity contribution in [3.05, 3.63) is 0 Å². The molecule has 3 nitrogen and oxygen atoms in total. The SMILES string of the molecule is CC(N[C@@H]1CCCC[C@H]1O)C1CCCO1. The number of ether oxygens (including phenoxy) is 1. The standard InChI is InChI=1S/C12H23NO2/c1-9(12-7-4-8-15-12)13-10-5-2-3-6-11(10)14/h9-14H,2-8H2,1H3/t9?,10-,11-,12?/m1/s1. The number of rotatable bonds is 3. The summed E-state index contributed by atoms with van der Waals surface area (Å²) in [7, 11) is 0. The fourth-order valence-electron chi connectivity index (χ4n) is 2.75. The zero-order valence-electron chi connectivity index (χ0n) is 9.61. The van der Waals surface area contributed by atoms with Crippen molar-refractivity contribution in [1.82, 2.24) is 5.32 Å². The van der Waals surface area contributed by atoms with E-state index in [-0.39, 0.29) is 12.1 Å². The van der Waals surface area contributed by atoms with E-state index in [0.29, 0.717) is 12.1 Å². The van der Waals surface area contributed by atoms with E-state index >= 15 is 0 Å². The topological polar surface area (TPSA) is 41.5 Å². The molecule has 0 spiro atoms. The summed E-state index contributed by atoms with van der Waals surface area (Å²) in [6.45, 7) is 3.08. The van der Waals surface area contributed by atoms with Crippen LogP contribution in [-0.4, -0.2) is 36.0 Å². The Labute approximate surface area is 92.2 Å². The Balaban J connectivity index is 1.78. The van der Waals surface area contributed by atoms with Crippen LogP contribution in [0.5, 0.6) is 0 Å². The molecule has 2 aliphatic rings. The minimum absolute atomic E-state index is 0.150. The van der Waals surface area contributed by atoms with E-state index in [2.05, 4.69) is 12.2 Å². The van der Waals surface area contributed by atoms with Gasteiger partial charge in [0, 0.05) is 18.7 Å².